The summed E-state index contributed by atoms with van der Waals surface area (Å²) in [6, 6.07) is 10.6. The molecular formula is C28H20F4N2O3S. The van der Waals surface area contributed by atoms with Gasteiger partial charge in [0, 0.05) is 40.8 Å². The number of hydrogen-bond donors (Lipinski definition) is 1. The summed E-state index contributed by atoms with van der Waals surface area (Å²) in [7, 11) is 0. The highest BCUT2D eigenvalue weighted by Crippen LogP contribution is 2.41. The maximum atomic E-state index is 15.1. The molecule has 0 bridgehead atoms. The predicted octanol–water partition coefficient (Wildman–Crippen LogP) is 5.56. The standard InChI is InChI=1S/C28H20F4N2O3S/c29-15-9-18(26(32)21(31)10-15)25-20(30)6-5-17-24(14-12-38(36)13-14)19(11-33-27(17)25)28(35)34-22-7-8-37-23-4-2-1-3-16(22)23/h1-6,9-11,14,22H,7-8,12-13H2,(H,34,35)/t14?,22-,38?/m0/s1. The van der Waals surface area contributed by atoms with E-state index in [0.717, 1.165) is 11.6 Å². The first kappa shape index (κ1) is 24.7. The number of halogens is 4. The van der Waals surface area contributed by atoms with Gasteiger partial charge in [-0.2, -0.15) is 0 Å². The first-order valence-corrected chi connectivity index (χ1v) is 13.4. The van der Waals surface area contributed by atoms with E-state index in [4.69, 9.17) is 4.74 Å². The molecule has 1 fully saturated rings. The van der Waals surface area contributed by atoms with Crippen molar-refractivity contribution in [2.75, 3.05) is 18.1 Å². The Labute approximate surface area is 218 Å². The van der Waals surface area contributed by atoms with Crippen LogP contribution in [0.15, 0.2) is 54.7 Å². The number of rotatable bonds is 4. The lowest BCUT2D eigenvalue weighted by Gasteiger charge is -2.32. The number of carbonyl (C=O) groups is 1. The van der Waals surface area contributed by atoms with E-state index in [1.165, 1.54) is 12.3 Å². The van der Waals surface area contributed by atoms with E-state index in [9.17, 15) is 22.5 Å². The van der Waals surface area contributed by atoms with Crippen LogP contribution in [-0.4, -0.2) is 33.6 Å². The minimum Gasteiger partial charge on any atom is -0.616 e. The van der Waals surface area contributed by atoms with Crippen LogP contribution in [0.5, 0.6) is 5.75 Å². The van der Waals surface area contributed by atoms with Gasteiger partial charge in [0.1, 0.15) is 28.9 Å². The largest absolute Gasteiger partial charge is 0.616 e. The highest BCUT2D eigenvalue weighted by molar-refractivity contribution is 7.92. The van der Waals surface area contributed by atoms with Crippen molar-refractivity contribution in [2.24, 2.45) is 0 Å². The molecular weight excluding hydrogens is 520 g/mol. The third-order valence-corrected chi connectivity index (χ3v) is 8.53. The van der Waals surface area contributed by atoms with Crippen molar-refractivity contribution in [1.82, 2.24) is 10.3 Å². The SMILES string of the molecule is O=C(N[C@H]1CCOc2ccccc21)c1cnc2c(-c3cc(F)cc(F)c3F)c(F)ccc2c1C1C[S+]([O-])C1. The first-order valence-electron chi connectivity index (χ1n) is 12.0. The van der Waals surface area contributed by atoms with Crippen molar-refractivity contribution in [3.05, 3.63) is 94.7 Å². The molecule has 1 atom stereocenters. The molecule has 0 saturated carbocycles. The lowest BCUT2D eigenvalue weighted by molar-refractivity contribution is 0.0923. The highest BCUT2D eigenvalue weighted by atomic mass is 32.2. The first-order chi connectivity index (χ1) is 18.3. The molecule has 38 heavy (non-hydrogen) atoms. The molecule has 0 unspecified atom stereocenters. The quantitative estimate of drug-likeness (QED) is 0.209. The van der Waals surface area contributed by atoms with Gasteiger partial charge in [-0.05, 0) is 29.8 Å². The van der Waals surface area contributed by atoms with Crippen molar-refractivity contribution in [3.63, 3.8) is 0 Å². The van der Waals surface area contributed by atoms with Crippen molar-refractivity contribution in [1.29, 1.82) is 0 Å². The molecule has 10 heteroatoms. The zero-order chi connectivity index (χ0) is 26.6. The summed E-state index contributed by atoms with van der Waals surface area (Å²) in [6.07, 6.45) is 1.81. The Balaban J connectivity index is 1.48. The second-order valence-electron chi connectivity index (χ2n) is 9.32. The van der Waals surface area contributed by atoms with Crippen LogP contribution < -0.4 is 10.1 Å². The molecule has 3 heterocycles. The third kappa shape index (κ3) is 4.17. The Bertz CT molecular complexity index is 1590. The molecule has 2 aliphatic rings. The van der Waals surface area contributed by atoms with Gasteiger partial charge in [0.15, 0.2) is 11.6 Å². The van der Waals surface area contributed by atoms with Gasteiger partial charge >= 0.3 is 0 Å². The third-order valence-electron chi connectivity index (χ3n) is 6.98. The number of amides is 1. The van der Waals surface area contributed by atoms with Crippen LogP contribution in [0.25, 0.3) is 22.0 Å². The van der Waals surface area contributed by atoms with E-state index in [1.807, 2.05) is 24.3 Å². The number of aromatic nitrogens is 1. The number of benzene rings is 3. The molecule has 6 rings (SSSR count). The highest BCUT2D eigenvalue weighted by Gasteiger charge is 2.38. The van der Waals surface area contributed by atoms with Crippen molar-refractivity contribution in [2.45, 2.75) is 18.4 Å². The molecule has 5 nitrogen and oxygen atoms in total. The molecule has 0 spiro atoms. The molecule has 0 aliphatic carbocycles. The summed E-state index contributed by atoms with van der Waals surface area (Å²) < 4.78 is 75.4. The zero-order valence-corrected chi connectivity index (χ0v) is 20.6. The summed E-state index contributed by atoms with van der Waals surface area (Å²) in [6.45, 7) is 0.421. The lowest BCUT2D eigenvalue weighted by Crippen LogP contribution is -2.37. The Kier molecular flexibility index (Phi) is 6.23. The number of para-hydroxylation sites is 1. The molecule has 194 valence electrons. The number of ether oxygens (including phenoxy) is 1. The van der Waals surface area contributed by atoms with Gasteiger partial charge in [-0.15, -0.1) is 0 Å². The molecule has 0 radical (unpaired) electrons. The van der Waals surface area contributed by atoms with Crippen molar-refractivity contribution < 1.29 is 31.6 Å². The fourth-order valence-corrected chi connectivity index (χ4v) is 6.30. The zero-order valence-electron chi connectivity index (χ0n) is 19.8. The Morgan fingerprint density at radius 2 is 1.84 bits per heavy atom. The number of fused-ring (bicyclic) bond motifs is 2. The Morgan fingerprint density at radius 3 is 2.63 bits per heavy atom. The Morgan fingerprint density at radius 1 is 1.05 bits per heavy atom. The summed E-state index contributed by atoms with van der Waals surface area (Å²) in [5.74, 6) is -4.33. The number of nitrogens with zero attached hydrogens (tertiary/aromatic N) is 1. The smallest absolute Gasteiger partial charge is 0.253 e. The second-order valence-corrected chi connectivity index (χ2v) is 10.9. The van der Waals surface area contributed by atoms with Crippen LogP contribution in [0.1, 0.15) is 39.9 Å². The molecule has 2 aliphatic heterocycles. The van der Waals surface area contributed by atoms with Gasteiger partial charge in [0.25, 0.3) is 5.91 Å². The lowest BCUT2D eigenvalue weighted by atomic mass is 9.90. The maximum absolute atomic E-state index is 15.1. The van der Waals surface area contributed by atoms with Crippen LogP contribution in [0, 0.1) is 23.3 Å². The molecule has 1 saturated heterocycles. The molecule has 4 aromatic rings. The van der Waals surface area contributed by atoms with Crippen LogP contribution >= 0.6 is 0 Å². The van der Waals surface area contributed by atoms with E-state index >= 15 is 4.39 Å². The average Bonchev–Trinajstić information content (AvgIpc) is 2.88. The minimum absolute atomic E-state index is 0.0467. The number of nitrogens with one attached hydrogen (secondary N) is 1. The van der Waals surface area contributed by atoms with E-state index < -0.39 is 51.5 Å². The molecule has 1 amide bonds. The molecule has 1 N–H and O–H groups in total. The fourth-order valence-electron chi connectivity index (χ4n) is 5.17. The van der Waals surface area contributed by atoms with Crippen LogP contribution in [-0.2, 0) is 11.2 Å². The predicted molar refractivity (Wildman–Crippen MR) is 134 cm³/mol. The summed E-state index contributed by atoms with van der Waals surface area (Å²) >= 11 is -1.08. The van der Waals surface area contributed by atoms with Crippen molar-refractivity contribution >= 4 is 28.0 Å². The van der Waals surface area contributed by atoms with Gasteiger partial charge in [-0.3, -0.25) is 9.78 Å². The van der Waals surface area contributed by atoms with Gasteiger partial charge in [-0.25, -0.2) is 17.6 Å². The van der Waals surface area contributed by atoms with E-state index in [1.54, 1.807) is 0 Å². The monoisotopic (exact) mass is 540 g/mol. The minimum atomic E-state index is -1.46. The number of carbonyl (C=O) groups excluding carboxylic acids is 1. The fraction of sp³-hybridized carbons (Fsp3) is 0.214. The van der Waals surface area contributed by atoms with Crippen LogP contribution in [0.4, 0.5) is 17.6 Å². The van der Waals surface area contributed by atoms with Gasteiger partial charge in [0.2, 0.25) is 0 Å². The van der Waals surface area contributed by atoms with Crippen LogP contribution in [0.2, 0.25) is 0 Å². The van der Waals surface area contributed by atoms with E-state index in [2.05, 4.69) is 10.3 Å². The molecule has 1 aromatic heterocycles. The average molecular weight is 541 g/mol. The van der Waals surface area contributed by atoms with Gasteiger partial charge < -0.3 is 14.6 Å². The van der Waals surface area contributed by atoms with Crippen LogP contribution in [0.3, 0.4) is 0 Å². The van der Waals surface area contributed by atoms with Crippen molar-refractivity contribution in [3.8, 4) is 16.9 Å². The summed E-state index contributed by atoms with van der Waals surface area (Å²) in [4.78, 5) is 17.9. The van der Waals surface area contributed by atoms with Gasteiger partial charge in [0.05, 0.1) is 29.6 Å². The number of hydrogen-bond acceptors (Lipinski definition) is 4. The second kappa shape index (κ2) is 9.59. The molecule has 3 aromatic carbocycles. The Hall–Kier alpha value is -3.63. The van der Waals surface area contributed by atoms with E-state index in [0.29, 0.717) is 41.9 Å². The van der Waals surface area contributed by atoms with Gasteiger partial charge in [-0.1, -0.05) is 29.4 Å². The maximum Gasteiger partial charge on any atom is 0.253 e. The summed E-state index contributed by atoms with van der Waals surface area (Å²) in [5, 5.41) is 3.35. The van der Waals surface area contributed by atoms with E-state index in [-0.39, 0.29) is 34.5 Å². The summed E-state index contributed by atoms with van der Waals surface area (Å²) in [5.41, 5.74) is 0.468. The normalized spacial score (nSPS) is 20.4. The number of pyridine rings is 1. The topological polar surface area (TPSA) is 74.3 Å².